The van der Waals surface area contributed by atoms with Gasteiger partial charge in [-0.1, -0.05) is 52.9 Å². The summed E-state index contributed by atoms with van der Waals surface area (Å²) < 4.78 is 3.62. The minimum absolute atomic E-state index is 0.664. The normalized spacial score (nSPS) is 11.0. The van der Waals surface area contributed by atoms with Crippen LogP contribution in [0.15, 0.2) is 65.5 Å². The molecule has 0 radical (unpaired) electrons. The summed E-state index contributed by atoms with van der Waals surface area (Å²) in [5.41, 5.74) is 5.23. The van der Waals surface area contributed by atoms with Crippen LogP contribution >= 0.6 is 38.5 Å². The molecule has 0 spiro atoms. The molecule has 0 saturated carbocycles. The molecule has 130 valence electrons. The van der Waals surface area contributed by atoms with Crippen molar-refractivity contribution < 1.29 is 0 Å². The topological polar surface area (TPSA) is 55.1 Å². The fourth-order valence-electron chi connectivity index (χ4n) is 2.78. The van der Waals surface area contributed by atoms with Gasteiger partial charge in [-0.25, -0.2) is 4.98 Å². The molecule has 0 saturated heterocycles. The van der Waals surface area contributed by atoms with Gasteiger partial charge in [0.05, 0.1) is 16.4 Å². The lowest BCUT2D eigenvalue weighted by atomic mass is 10.1. The molecule has 0 bridgehead atoms. The Hall–Kier alpha value is -2.00. The van der Waals surface area contributed by atoms with Crippen molar-refractivity contribution in [3.05, 3.63) is 76.7 Å². The lowest BCUT2D eigenvalue weighted by Crippen LogP contribution is -2.07. The van der Waals surface area contributed by atoms with Crippen molar-refractivity contribution in [3.63, 3.8) is 0 Å². The van der Waals surface area contributed by atoms with Crippen LogP contribution in [0.25, 0.3) is 16.9 Å². The van der Waals surface area contributed by atoms with Gasteiger partial charge in [0.2, 0.25) is 0 Å². The Balaban J connectivity index is 1.79. The molecule has 0 fully saturated rings. The molecule has 7 heteroatoms. The first-order valence-electron chi connectivity index (χ1n) is 8.07. The van der Waals surface area contributed by atoms with Crippen molar-refractivity contribution in [2.24, 2.45) is 0 Å². The minimum atomic E-state index is 0.664. The zero-order valence-electron chi connectivity index (χ0n) is 13.7. The molecule has 5 nitrogen and oxygen atoms in total. The molecule has 4 aromatic rings. The van der Waals surface area contributed by atoms with Crippen molar-refractivity contribution in [3.8, 4) is 11.3 Å². The molecular weight excluding hydrogens is 505 g/mol. The molecule has 3 aromatic heterocycles. The summed E-state index contributed by atoms with van der Waals surface area (Å²) in [6.45, 7) is 0.664. The van der Waals surface area contributed by atoms with Gasteiger partial charge in [-0.05, 0) is 33.1 Å². The number of aromatic nitrogens is 4. The van der Waals surface area contributed by atoms with Crippen LogP contribution in [-0.4, -0.2) is 19.6 Å². The molecule has 0 aliphatic heterocycles. The van der Waals surface area contributed by atoms with Crippen molar-refractivity contribution in [1.29, 1.82) is 0 Å². The molecule has 0 atom stereocenters. The zero-order valence-corrected chi connectivity index (χ0v) is 17.5. The summed E-state index contributed by atoms with van der Waals surface area (Å²) in [6.07, 6.45) is 5.40. The number of hydrogen-bond acceptors (Lipinski definition) is 4. The Bertz CT molecular complexity index is 1050. The lowest BCUT2D eigenvalue weighted by molar-refractivity contribution is 0.925. The Kier molecular flexibility index (Phi) is 5.16. The number of hydrogen-bond donors (Lipinski definition) is 1. The number of halogens is 2. The summed E-state index contributed by atoms with van der Waals surface area (Å²) in [6, 6.07) is 14.4. The smallest absolute Gasteiger partial charge is 0.172 e. The molecule has 1 aromatic carbocycles. The highest BCUT2D eigenvalue weighted by Crippen LogP contribution is 2.29. The first kappa shape index (κ1) is 17.4. The van der Waals surface area contributed by atoms with E-state index in [0.29, 0.717) is 6.54 Å². The number of fused-ring (bicyclic) bond motifs is 1. The molecule has 0 amide bonds. The van der Waals surface area contributed by atoms with Crippen LogP contribution in [0.1, 0.15) is 11.1 Å². The van der Waals surface area contributed by atoms with Crippen LogP contribution < -0.4 is 5.32 Å². The summed E-state index contributed by atoms with van der Waals surface area (Å²) in [5.74, 6) is 0.891. The minimum Gasteiger partial charge on any atom is -0.366 e. The van der Waals surface area contributed by atoms with Gasteiger partial charge in [-0.3, -0.25) is 4.98 Å². The van der Waals surface area contributed by atoms with E-state index in [-0.39, 0.29) is 0 Å². The molecule has 0 aliphatic carbocycles. The highest BCUT2D eigenvalue weighted by atomic mass is 127. The highest BCUT2D eigenvalue weighted by molar-refractivity contribution is 14.1. The average Bonchev–Trinajstić information content (AvgIpc) is 3.08. The Morgan fingerprint density at radius 2 is 2.00 bits per heavy atom. The van der Waals surface area contributed by atoms with Crippen molar-refractivity contribution in [1.82, 2.24) is 19.6 Å². The van der Waals surface area contributed by atoms with E-state index in [2.05, 4.69) is 72.1 Å². The van der Waals surface area contributed by atoms with Gasteiger partial charge in [-0.2, -0.15) is 9.61 Å². The zero-order chi connectivity index (χ0) is 17.9. The Morgan fingerprint density at radius 3 is 2.81 bits per heavy atom. The van der Waals surface area contributed by atoms with E-state index in [1.807, 2.05) is 35.0 Å². The van der Waals surface area contributed by atoms with Crippen molar-refractivity contribution in [2.45, 2.75) is 11.0 Å². The van der Waals surface area contributed by atoms with Gasteiger partial charge >= 0.3 is 0 Å². The number of rotatable bonds is 5. The van der Waals surface area contributed by atoms with Crippen LogP contribution in [0, 0.1) is 0 Å². The third-order valence-corrected chi connectivity index (χ3v) is 5.44. The van der Waals surface area contributed by atoms with E-state index in [4.69, 9.17) is 4.98 Å². The third kappa shape index (κ3) is 3.45. The average molecular weight is 520 g/mol. The summed E-state index contributed by atoms with van der Waals surface area (Å²) in [7, 11) is 0. The SMILES string of the molecule is Brc1cnn2c(NCc3cccnc3)cc(-c3ccccc3CI)nc12. The van der Waals surface area contributed by atoms with E-state index < -0.39 is 0 Å². The van der Waals surface area contributed by atoms with Gasteiger partial charge in [0.1, 0.15) is 5.82 Å². The van der Waals surface area contributed by atoms with Crippen LogP contribution in [0.4, 0.5) is 5.82 Å². The van der Waals surface area contributed by atoms with E-state index in [0.717, 1.165) is 37.2 Å². The quantitative estimate of drug-likeness (QED) is 0.294. The molecule has 3 heterocycles. The fraction of sp³-hybridized carbons (Fsp3) is 0.105. The first-order valence-corrected chi connectivity index (χ1v) is 10.4. The van der Waals surface area contributed by atoms with Gasteiger partial charge < -0.3 is 5.32 Å². The predicted molar refractivity (Wildman–Crippen MR) is 115 cm³/mol. The number of anilines is 1. The molecular formula is C19H15BrIN5. The Labute approximate surface area is 173 Å². The maximum atomic E-state index is 4.83. The lowest BCUT2D eigenvalue weighted by Gasteiger charge is -2.12. The van der Waals surface area contributed by atoms with E-state index in [1.165, 1.54) is 5.56 Å². The maximum Gasteiger partial charge on any atom is 0.172 e. The van der Waals surface area contributed by atoms with Crippen molar-refractivity contribution in [2.75, 3.05) is 5.32 Å². The predicted octanol–water partition coefficient (Wildman–Crippen LogP) is 5.10. The summed E-state index contributed by atoms with van der Waals surface area (Å²) in [5, 5.41) is 7.90. The molecule has 0 unspecified atom stereocenters. The molecule has 4 rings (SSSR count). The van der Waals surface area contributed by atoms with Crippen LogP contribution in [-0.2, 0) is 11.0 Å². The molecule has 1 N–H and O–H groups in total. The Morgan fingerprint density at radius 1 is 1.12 bits per heavy atom. The van der Waals surface area contributed by atoms with Crippen LogP contribution in [0.3, 0.4) is 0 Å². The maximum absolute atomic E-state index is 4.83. The fourth-order valence-corrected chi connectivity index (χ4v) is 3.80. The van der Waals surface area contributed by atoms with Gasteiger partial charge in [-0.15, -0.1) is 0 Å². The largest absolute Gasteiger partial charge is 0.366 e. The number of pyridine rings is 1. The molecule has 26 heavy (non-hydrogen) atoms. The number of benzene rings is 1. The van der Waals surface area contributed by atoms with E-state index in [9.17, 15) is 0 Å². The summed E-state index contributed by atoms with van der Waals surface area (Å²) >= 11 is 5.94. The van der Waals surface area contributed by atoms with E-state index in [1.54, 1.807) is 12.4 Å². The second kappa shape index (κ2) is 7.71. The second-order valence-corrected chi connectivity index (χ2v) is 7.38. The standard InChI is InChI=1S/C19H15BrIN5/c20-16-12-24-26-18(23-11-13-4-3-7-22-10-13)8-17(25-19(16)26)15-6-2-1-5-14(15)9-21/h1-8,10,12,23H,9,11H2. The van der Waals surface area contributed by atoms with Crippen molar-refractivity contribution >= 4 is 50.0 Å². The number of nitrogens with one attached hydrogen (secondary N) is 1. The van der Waals surface area contributed by atoms with Crippen LogP contribution in [0.5, 0.6) is 0 Å². The van der Waals surface area contributed by atoms with E-state index >= 15 is 0 Å². The first-order chi connectivity index (χ1) is 12.8. The number of alkyl halides is 1. The monoisotopic (exact) mass is 519 g/mol. The summed E-state index contributed by atoms with van der Waals surface area (Å²) in [4.78, 5) is 9.00. The third-order valence-electron chi connectivity index (χ3n) is 4.06. The van der Waals surface area contributed by atoms with Crippen LogP contribution in [0.2, 0.25) is 0 Å². The van der Waals surface area contributed by atoms with Gasteiger partial charge in [0, 0.05) is 35.0 Å². The van der Waals surface area contributed by atoms with Gasteiger partial charge in [0.25, 0.3) is 0 Å². The van der Waals surface area contributed by atoms with Gasteiger partial charge in [0.15, 0.2) is 5.65 Å². The second-order valence-electron chi connectivity index (χ2n) is 5.76. The number of nitrogens with zero attached hydrogens (tertiary/aromatic N) is 4. The molecule has 0 aliphatic rings. The highest BCUT2D eigenvalue weighted by Gasteiger charge is 2.13.